The average Bonchev–Trinajstić information content (AvgIpc) is 2.85. The summed E-state index contributed by atoms with van der Waals surface area (Å²) in [6.45, 7) is 0.473. The zero-order chi connectivity index (χ0) is 13.8. The zero-order valence-corrected chi connectivity index (χ0v) is 11.2. The summed E-state index contributed by atoms with van der Waals surface area (Å²) in [5.74, 6) is 0. The van der Waals surface area contributed by atoms with Crippen molar-refractivity contribution in [3.8, 4) is 6.07 Å². The van der Waals surface area contributed by atoms with Gasteiger partial charge in [-0.3, -0.25) is 10.1 Å². The van der Waals surface area contributed by atoms with Crippen molar-refractivity contribution in [3.63, 3.8) is 0 Å². The predicted octanol–water partition coefficient (Wildman–Crippen LogP) is 3.79. The Morgan fingerprint density at radius 1 is 1.42 bits per heavy atom. The molecule has 1 N–H and O–H groups in total. The van der Waals surface area contributed by atoms with Gasteiger partial charge >= 0.3 is 5.00 Å². The van der Waals surface area contributed by atoms with Gasteiger partial charge in [0.1, 0.15) is 6.07 Å². The van der Waals surface area contributed by atoms with E-state index >= 15 is 0 Å². The lowest BCUT2D eigenvalue weighted by Gasteiger charge is -2.05. The summed E-state index contributed by atoms with van der Waals surface area (Å²) in [5, 5.41) is 22.9. The standard InChI is InChI=1S/C12H8ClN3O2S/c13-11-5-9(2-1-8(11)6-14)15-7-10-3-4-12(19-10)16(17)18/h1-5,15H,7H2. The number of nitriles is 1. The van der Waals surface area contributed by atoms with Crippen molar-refractivity contribution in [1.29, 1.82) is 5.26 Å². The molecule has 0 fully saturated rings. The van der Waals surface area contributed by atoms with E-state index in [4.69, 9.17) is 16.9 Å². The molecule has 0 aliphatic rings. The van der Waals surface area contributed by atoms with Crippen LogP contribution in [0, 0.1) is 21.4 Å². The van der Waals surface area contributed by atoms with Gasteiger partial charge in [0.05, 0.1) is 15.5 Å². The van der Waals surface area contributed by atoms with Gasteiger partial charge in [-0.05, 0) is 24.3 Å². The number of rotatable bonds is 4. The van der Waals surface area contributed by atoms with Crippen LogP contribution < -0.4 is 5.32 Å². The van der Waals surface area contributed by atoms with E-state index in [9.17, 15) is 10.1 Å². The SMILES string of the molecule is N#Cc1ccc(NCc2ccc([N+](=O)[O-])s2)cc1Cl. The van der Waals surface area contributed by atoms with Crippen molar-refractivity contribution in [2.45, 2.75) is 6.54 Å². The number of nitrogens with zero attached hydrogens (tertiary/aromatic N) is 2. The molecule has 0 amide bonds. The topological polar surface area (TPSA) is 79.0 Å². The molecule has 0 spiro atoms. The summed E-state index contributed by atoms with van der Waals surface area (Å²) in [7, 11) is 0. The molecular weight excluding hydrogens is 286 g/mol. The molecule has 0 bridgehead atoms. The molecule has 0 atom stereocenters. The molecule has 2 rings (SSSR count). The molecule has 0 aliphatic carbocycles. The highest BCUT2D eigenvalue weighted by atomic mass is 35.5. The minimum absolute atomic E-state index is 0.120. The van der Waals surface area contributed by atoms with Gasteiger partial charge in [0.25, 0.3) is 0 Å². The molecule has 19 heavy (non-hydrogen) atoms. The maximum absolute atomic E-state index is 10.6. The van der Waals surface area contributed by atoms with Gasteiger partial charge in [0.15, 0.2) is 0 Å². The van der Waals surface area contributed by atoms with Crippen LogP contribution in [0.25, 0.3) is 0 Å². The van der Waals surface area contributed by atoms with Gasteiger partial charge in [-0.25, -0.2) is 0 Å². The molecule has 0 saturated heterocycles. The number of benzene rings is 1. The summed E-state index contributed by atoms with van der Waals surface area (Å²) in [4.78, 5) is 11.0. The van der Waals surface area contributed by atoms with Crippen molar-refractivity contribution in [2.24, 2.45) is 0 Å². The van der Waals surface area contributed by atoms with Gasteiger partial charge in [-0.2, -0.15) is 5.26 Å². The number of hydrogen-bond acceptors (Lipinski definition) is 5. The van der Waals surface area contributed by atoms with Crippen LogP contribution in [0.1, 0.15) is 10.4 Å². The van der Waals surface area contributed by atoms with E-state index in [1.165, 1.54) is 6.07 Å². The summed E-state index contributed by atoms with van der Waals surface area (Å²) in [5.41, 5.74) is 1.18. The van der Waals surface area contributed by atoms with E-state index < -0.39 is 4.92 Å². The van der Waals surface area contributed by atoms with E-state index in [-0.39, 0.29) is 5.00 Å². The molecule has 7 heteroatoms. The van der Waals surface area contributed by atoms with Crippen LogP contribution in [0.15, 0.2) is 30.3 Å². The minimum atomic E-state index is -0.410. The number of thiophene rings is 1. The maximum atomic E-state index is 10.6. The second-order valence-electron chi connectivity index (χ2n) is 3.66. The second kappa shape index (κ2) is 5.69. The molecule has 1 heterocycles. The van der Waals surface area contributed by atoms with Gasteiger partial charge in [0.2, 0.25) is 0 Å². The minimum Gasteiger partial charge on any atom is -0.380 e. The number of nitro groups is 1. The summed E-state index contributed by atoms with van der Waals surface area (Å²) < 4.78 is 0. The Morgan fingerprint density at radius 2 is 2.21 bits per heavy atom. The molecule has 5 nitrogen and oxygen atoms in total. The Bertz CT molecular complexity index is 663. The molecule has 96 valence electrons. The van der Waals surface area contributed by atoms with Crippen molar-refractivity contribution < 1.29 is 4.92 Å². The highest BCUT2D eigenvalue weighted by Crippen LogP contribution is 2.25. The Hall–Kier alpha value is -2.10. The Morgan fingerprint density at radius 3 is 2.79 bits per heavy atom. The average molecular weight is 294 g/mol. The molecule has 0 saturated carbocycles. The van der Waals surface area contributed by atoms with Gasteiger partial charge in [-0.1, -0.05) is 22.9 Å². The maximum Gasteiger partial charge on any atom is 0.324 e. The van der Waals surface area contributed by atoms with E-state index in [0.29, 0.717) is 17.1 Å². The zero-order valence-electron chi connectivity index (χ0n) is 9.59. The molecule has 1 aromatic carbocycles. The predicted molar refractivity (Wildman–Crippen MR) is 74.5 cm³/mol. The summed E-state index contributed by atoms with van der Waals surface area (Å²) in [6.07, 6.45) is 0. The van der Waals surface area contributed by atoms with E-state index in [1.54, 1.807) is 24.3 Å². The molecular formula is C12H8ClN3O2S. The normalized spacial score (nSPS) is 9.89. The first-order chi connectivity index (χ1) is 9.10. The van der Waals surface area contributed by atoms with Crippen LogP contribution in [0.5, 0.6) is 0 Å². The second-order valence-corrected chi connectivity index (χ2v) is 5.21. The van der Waals surface area contributed by atoms with Crippen molar-refractivity contribution in [3.05, 3.63) is 55.9 Å². The number of anilines is 1. The fourth-order valence-electron chi connectivity index (χ4n) is 1.46. The quantitative estimate of drug-likeness (QED) is 0.687. The smallest absolute Gasteiger partial charge is 0.324 e. The van der Waals surface area contributed by atoms with Crippen LogP contribution in [-0.4, -0.2) is 4.92 Å². The molecule has 0 radical (unpaired) electrons. The lowest BCUT2D eigenvalue weighted by atomic mass is 10.2. The van der Waals surface area contributed by atoms with Crippen molar-refractivity contribution in [2.75, 3.05) is 5.32 Å². The number of nitrogens with one attached hydrogen (secondary N) is 1. The third-order valence-electron chi connectivity index (χ3n) is 2.38. The third kappa shape index (κ3) is 3.22. The van der Waals surface area contributed by atoms with E-state index in [2.05, 4.69) is 5.32 Å². The van der Waals surface area contributed by atoms with Crippen molar-refractivity contribution >= 4 is 33.6 Å². The van der Waals surface area contributed by atoms with Crippen LogP contribution >= 0.6 is 22.9 Å². The monoisotopic (exact) mass is 293 g/mol. The first-order valence-corrected chi connectivity index (χ1v) is 6.46. The highest BCUT2D eigenvalue weighted by molar-refractivity contribution is 7.15. The Kier molecular flexibility index (Phi) is 4.00. The van der Waals surface area contributed by atoms with E-state index in [1.807, 2.05) is 6.07 Å². The first-order valence-electron chi connectivity index (χ1n) is 5.27. The van der Waals surface area contributed by atoms with Crippen LogP contribution in [-0.2, 0) is 6.54 Å². The third-order valence-corrected chi connectivity index (χ3v) is 3.73. The lowest BCUT2D eigenvalue weighted by molar-refractivity contribution is -0.380. The largest absolute Gasteiger partial charge is 0.380 e. The molecule has 2 aromatic rings. The van der Waals surface area contributed by atoms with Crippen LogP contribution in [0.3, 0.4) is 0 Å². The first kappa shape index (κ1) is 13.3. The molecule has 1 aromatic heterocycles. The number of hydrogen-bond donors (Lipinski definition) is 1. The van der Waals surface area contributed by atoms with Gasteiger partial charge in [0, 0.05) is 23.2 Å². The Labute approximate surface area is 118 Å². The summed E-state index contributed by atoms with van der Waals surface area (Å²) >= 11 is 7.03. The van der Waals surface area contributed by atoms with Crippen LogP contribution in [0.2, 0.25) is 5.02 Å². The fraction of sp³-hybridized carbons (Fsp3) is 0.0833. The molecule has 0 unspecified atom stereocenters. The lowest BCUT2D eigenvalue weighted by Crippen LogP contribution is -1.97. The summed E-state index contributed by atoms with van der Waals surface area (Å²) in [6, 6.07) is 10.2. The molecule has 0 aliphatic heterocycles. The number of halogens is 1. The van der Waals surface area contributed by atoms with Crippen molar-refractivity contribution in [1.82, 2.24) is 0 Å². The highest BCUT2D eigenvalue weighted by Gasteiger charge is 2.09. The van der Waals surface area contributed by atoms with Gasteiger partial charge in [-0.15, -0.1) is 0 Å². The van der Waals surface area contributed by atoms with Crippen LogP contribution in [0.4, 0.5) is 10.7 Å². The Balaban J connectivity index is 2.04. The van der Waals surface area contributed by atoms with E-state index in [0.717, 1.165) is 21.9 Å². The fourth-order valence-corrected chi connectivity index (χ4v) is 2.45. The van der Waals surface area contributed by atoms with Gasteiger partial charge < -0.3 is 5.32 Å².